The molecular formula is C12H7Br5O2. The zero-order valence-electron chi connectivity index (χ0n) is 9.17. The molecule has 2 aromatic rings. The van der Waals surface area contributed by atoms with E-state index < -0.39 is 0 Å². The van der Waals surface area contributed by atoms with Crippen molar-refractivity contribution in [3.8, 4) is 11.5 Å². The van der Waals surface area contributed by atoms with Gasteiger partial charge in [-0.2, -0.15) is 0 Å². The summed E-state index contributed by atoms with van der Waals surface area (Å²) in [4.78, 5) is 0. The fourth-order valence-corrected chi connectivity index (χ4v) is 4.05. The van der Waals surface area contributed by atoms with Crippen molar-refractivity contribution in [3.63, 3.8) is 0 Å². The summed E-state index contributed by atoms with van der Waals surface area (Å²) in [6, 6.07) is 8.71. The lowest BCUT2D eigenvalue weighted by Gasteiger charge is -2.07. The summed E-state index contributed by atoms with van der Waals surface area (Å²) in [5.74, 6) is 0.486. The van der Waals surface area contributed by atoms with Gasteiger partial charge in [-0.25, -0.2) is 0 Å². The topological polar surface area (TPSA) is 40.5 Å². The molecule has 2 aromatic carbocycles. The number of rotatable bonds is 0. The zero-order chi connectivity index (χ0) is 14.6. The molecule has 0 aliphatic rings. The Morgan fingerprint density at radius 1 is 0.579 bits per heavy atom. The second-order valence-corrected chi connectivity index (χ2v) is 7.22. The molecule has 0 aliphatic carbocycles. The molecule has 0 amide bonds. The van der Waals surface area contributed by atoms with Crippen LogP contribution in [0, 0.1) is 0 Å². The molecule has 0 atom stereocenters. The van der Waals surface area contributed by atoms with E-state index in [1.807, 2.05) is 6.07 Å². The van der Waals surface area contributed by atoms with Crippen LogP contribution >= 0.6 is 79.6 Å². The zero-order valence-corrected chi connectivity index (χ0v) is 17.1. The molecule has 2 rings (SSSR count). The first-order valence-electron chi connectivity index (χ1n) is 4.80. The number of para-hydroxylation sites is 1. The minimum Gasteiger partial charge on any atom is -0.508 e. The maximum absolute atomic E-state index is 9.52. The number of phenolic OH excluding ortho intramolecular Hbond substituents is 2. The first-order chi connectivity index (χ1) is 8.86. The summed E-state index contributed by atoms with van der Waals surface area (Å²) in [5, 5.41) is 18.2. The Kier molecular flexibility index (Phi) is 7.39. The van der Waals surface area contributed by atoms with Crippen molar-refractivity contribution >= 4 is 79.6 Å². The van der Waals surface area contributed by atoms with Crippen LogP contribution < -0.4 is 0 Å². The molecule has 0 unspecified atom stereocenters. The molecule has 0 spiro atoms. The summed E-state index contributed by atoms with van der Waals surface area (Å²) >= 11 is 16.4. The number of halogens is 5. The van der Waals surface area contributed by atoms with E-state index in [0.29, 0.717) is 14.7 Å². The van der Waals surface area contributed by atoms with E-state index in [1.54, 1.807) is 24.3 Å². The van der Waals surface area contributed by atoms with Crippen LogP contribution in [0.15, 0.2) is 52.7 Å². The summed E-state index contributed by atoms with van der Waals surface area (Å²) < 4.78 is 3.62. The monoisotopic (exact) mass is 578 g/mol. The Morgan fingerprint density at radius 3 is 1.26 bits per heavy atom. The average molecular weight is 583 g/mol. The summed E-state index contributed by atoms with van der Waals surface area (Å²) in [6.07, 6.45) is 0. The number of hydrogen-bond donors (Lipinski definition) is 2. The van der Waals surface area contributed by atoms with E-state index in [0.717, 1.165) is 13.4 Å². The smallest absolute Gasteiger partial charge is 0.146 e. The summed E-state index contributed by atoms with van der Waals surface area (Å²) in [5.41, 5.74) is 0. The highest BCUT2D eigenvalue weighted by Crippen LogP contribution is 2.47. The van der Waals surface area contributed by atoms with Crippen LogP contribution in [0.5, 0.6) is 11.5 Å². The number of hydrogen-bond acceptors (Lipinski definition) is 2. The van der Waals surface area contributed by atoms with Crippen molar-refractivity contribution in [2.45, 2.75) is 0 Å². The van der Waals surface area contributed by atoms with Gasteiger partial charge in [0.1, 0.15) is 11.5 Å². The second-order valence-electron chi connectivity index (χ2n) is 3.25. The summed E-state index contributed by atoms with van der Waals surface area (Å²) in [7, 11) is 0. The highest BCUT2D eigenvalue weighted by Gasteiger charge is 2.16. The lowest BCUT2D eigenvalue weighted by Crippen LogP contribution is -1.80. The fourth-order valence-electron chi connectivity index (χ4n) is 1.02. The van der Waals surface area contributed by atoms with Crippen LogP contribution in [0.3, 0.4) is 0 Å². The van der Waals surface area contributed by atoms with E-state index in [4.69, 9.17) is 5.11 Å². The molecule has 7 heteroatoms. The highest BCUT2D eigenvalue weighted by molar-refractivity contribution is 9.15. The first kappa shape index (κ1) is 17.5. The van der Waals surface area contributed by atoms with Crippen molar-refractivity contribution in [1.29, 1.82) is 0 Å². The van der Waals surface area contributed by atoms with Crippen molar-refractivity contribution in [2.24, 2.45) is 0 Å². The van der Waals surface area contributed by atoms with Crippen LogP contribution in [0.2, 0.25) is 0 Å². The number of benzene rings is 2. The van der Waals surface area contributed by atoms with Crippen LogP contribution in [0.1, 0.15) is 0 Å². The Hall–Kier alpha value is 0.440. The SMILES string of the molecule is Oc1c(Br)c(Br)c(Br)c(Br)c1Br.Oc1ccccc1. The Morgan fingerprint density at radius 2 is 0.947 bits per heavy atom. The molecule has 0 saturated carbocycles. The third kappa shape index (κ3) is 4.74. The quantitative estimate of drug-likeness (QED) is 0.272. The number of phenols is 2. The maximum atomic E-state index is 9.52. The molecule has 0 bridgehead atoms. The normalized spacial score (nSPS) is 9.74. The molecule has 2 N–H and O–H groups in total. The van der Waals surface area contributed by atoms with Gasteiger partial charge in [-0.3, -0.25) is 0 Å². The van der Waals surface area contributed by atoms with Gasteiger partial charge < -0.3 is 10.2 Å². The molecule has 2 nitrogen and oxygen atoms in total. The van der Waals surface area contributed by atoms with Crippen molar-refractivity contribution in [1.82, 2.24) is 0 Å². The predicted octanol–water partition coefficient (Wildman–Crippen LogP) is 6.60. The van der Waals surface area contributed by atoms with Crippen LogP contribution in [0.4, 0.5) is 0 Å². The van der Waals surface area contributed by atoms with Gasteiger partial charge in [-0.15, -0.1) is 0 Å². The first-order valence-corrected chi connectivity index (χ1v) is 8.77. The van der Waals surface area contributed by atoms with Gasteiger partial charge in [0.25, 0.3) is 0 Å². The predicted molar refractivity (Wildman–Crippen MR) is 94.7 cm³/mol. The molecule has 0 aliphatic heterocycles. The average Bonchev–Trinajstić information content (AvgIpc) is 2.42. The van der Waals surface area contributed by atoms with E-state index in [2.05, 4.69) is 79.6 Å². The van der Waals surface area contributed by atoms with E-state index >= 15 is 0 Å². The Balaban J connectivity index is 0.000000218. The standard InChI is InChI=1S/C6HBr5O.C6H6O/c7-1-2(8)4(10)6(12)5(11)3(1)9;7-6-4-2-1-3-5-6/h12H;1-5,7H. The minimum atomic E-state index is 0.164. The molecule has 0 heterocycles. The van der Waals surface area contributed by atoms with Crippen molar-refractivity contribution in [3.05, 3.63) is 52.7 Å². The largest absolute Gasteiger partial charge is 0.508 e. The molecule has 0 radical (unpaired) electrons. The second kappa shape index (κ2) is 8.02. The lowest BCUT2D eigenvalue weighted by atomic mass is 10.3. The fraction of sp³-hybridized carbons (Fsp3) is 0. The minimum absolute atomic E-state index is 0.164. The lowest BCUT2D eigenvalue weighted by molar-refractivity contribution is 0.467. The Labute approximate surface area is 152 Å². The van der Waals surface area contributed by atoms with Gasteiger partial charge in [-0.05, 0) is 91.8 Å². The van der Waals surface area contributed by atoms with E-state index in [9.17, 15) is 5.11 Å². The number of aromatic hydroxyl groups is 2. The van der Waals surface area contributed by atoms with E-state index in [-0.39, 0.29) is 5.75 Å². The van der Waals surface area contributed by atoms with Gasteiger partial charge >= 0.3 is 0 Å². The molecule has 0 aromatic heterocycles. The third-order valence-electron chi connectivity index (χ3n) is 1.94. The summed E-state index contributed by atoms with van der Waals surface area (Å²) in [6.45, 7) is 0. The van der Waals surface area contributed by atoms with Gasteiger partial charge in [-0.1, -0.05) is 18.2 Å². The van der Waals surface area contributed by atoms with E-state index in [1.165, 1.54) is 0 Å². The highest BCUT2D eigenvalue weighted by atomic mass is 79.9. The molecule has 102 valence electrons. The van der Waals surface area contributed by atoms with Gasteiger partial charge in [0.2, 0.25) is 0 Å². The molecule has 19 heavy (non-hydrogen) atoms. The maximum Gasteiger partial charge on any atom is 0.146 e. The molecule has 0 fully saturated rings. The molecule has 0 saturated heterocycles. The van der Waals surface area contributed by atoms with Crippen molar-refractivity contribution < 1.29 is 10.2 Å². The van der Waals surface area contributed by atoms with Gasteiger partial charge in [0.05, 0.1) is 17.9 Å². The van der Waals surface area contributed by atoms with Crippen LogP contribution in [-0.2, 0) is 0 Å². The van der Waals surface area contributed by atoms with Crippen LogP contribution in [0.25, 0.3) is 0 Å². The van der Waals surface area contributed by atoms with Gasteiger partial charge in [0.15, 0.2) is 0 Å². The third-order valence-corrected chi connectivity index (χ3v) is 7.99. The molecular weight excluding hydrogens is 576 g/mol. The van der Waals surface area contributed by atoms with Crippen molar-refractivity contribution in [2.75, 3.05) is 0 Å². The Bertz CT molecular complexity index is 467. The van der Waals surface area contributed by atoms with Gasteiger partial charge in [0, 0.05) is 4.47 Å². The van der Waals surface area contributed by atoms with Crippen LogP contribution in [-0.4, -0.2) is 10.2 Å².